The maximum absolute atomic E-state index is 12.0. The first-order chi connectivity index (χ1) is 9.26. The fraction of sp³-hybridized carbons (Fsp3) is 0.429. The Kier molecular flexibility index (Phi) is 5.10. The van der Waals surface area contributed by atoms with E-state index in [1.807, 2.05) is 0 Å². The quantitative estimate of drug-likeness (QED) is 0.830. The van der Waals surface area contributed by atoms with E-state index in [0.717, 1.165) is 5.56 Å². The van der Waals surface area contributed by atoms with Crippen molar-refractivity contribution in [3.63, 3.8) is 0 Å². The van der Waals surface area contributed by atoms with Gasteiger partial charge < -0.3 is 19.9 Å². The molecule has 0 spiro atoms. The molecule has 0 aliphatic rings. The van der Waals surface area contributed by atoms with Crippen LogP contribution in [0.15, 0.2) is 18.2 Å². The lowest BCUT2D eigenvalue weighted by atomic mass is 10.1. The SMILES string of the molecule is COC(C)(C)C(=O)Nc1ccc(OCC(=O)O)cc1C. The molecule has 6 heteroatoms. The Morgan fingerprint density at radius 1 is 1.35 bits per heavy atom. The van der Waals surface area contributed by atoms with E-state index in [1.165, 1.54) is 7.11 Å². The Bertz CT molecular complexity index is 510. The van der Waals surface area contributed by atoms with Crippen LogP contribution < -0.4 is 10.1 Å². The van der Waals surface area contributed by atoms with Gasteiger partial charge in [-0.05, 0) is 44.5 Å². The number of ether oxygens (including phenoxy) is 2. The van der Waals surface area contributed by atoms with E-state index < -0.39 is 18.2 Å². The summed E-state index contributed by atoms with van der Waals surface area (Å²) in [6, 6.07) is 4.93. The Morgan fingerprint density at radius 3 is 2.50 bits per heavy atom. The van der Waals surface area contributed by atoms with Crippen molar-refractivity contribution in [3.8, 4) is 5.75 Å². The van der Waals surface area contributed by atoms with Crippen LogP contribution in [0.2, 0.25) is 0 Å². The van der Waals surface area contributed by atoms with Gasteiger partial charge in [-0.2, -0.15) is 0 Å². The zero-order valence-electron chi connectivity index (χ0n) is 12.0. The van der Waals surface area contributed by atoms with E-state index in [1.54, 1.807) is 39.0 Å². The van der Waals surface area contributed by atoms with Crippen LogP contribution in [0.4, 0.5) is 5.69 Å². The first kappa shape index (κ1) is 16.0. The average molecular weight is 281 g/mol. The van der Waals surface area contributed by atoms with Crippen LogP contribution >= 0.6 is 0 Å². The summed E-state index contributed by atoms with van der Waals surface area (Å²) in [4.78, 5) is 22.4. The number of carboxylic acid groups (broad SMARTS) is 1. The Morgan fingerprint density at radius 2 is 2.00 bits per heavy atom. The molecule has 1 amide bonds. The van der Waals surface area contributed by atoms with E-state index in [-0.39, 0.29) is 5.91 Å². The molecule has 0 aliphatic heterocycles. The van der Waals surface area contributed by atoms with Gasteiger partial charge in [-0.15, -0.1) is 0 Å². The van der Waals surface area contributed by atoms with Crippen LogP contribution in [-0.4, -0.2) is 36.3 Å². The number of hydrogen-bond donors (Lipinski definition) is 2. The number of aliphatic carboxylic acids is 1. The second-order valence-electron chi connectivity index (χ2n) is 4.83. The fourth-order valence-corrected chi connectivity index (χ4v) is 1.38. The molecule has 6 nitrogen and oxygen atoms in total. The maximum Gasteiger partial charge on any atom is 0.341 e. The molecule has 0 unspecified atom stereocenters. The average Bonchev–Trinajstić information content (AvgIpc) is 2.38. The number of methoxy groups -OCH3 is 1. The molecular weight excluding hydrogens is 262 g/mol. The molecule has 0 bridgehead atoms. The van der Waals surface area contributed by atoms with Gasteiger partial charge in [0.25, 0.3) is 5.91 Å². The highest BCUT2D eigenvalue weighted by Crippen LogP contribution is 2.22. The lowest BCUT2D eigenvalue weighted by Gasteiger charge is -2.22. The molecular formula is C14H19NO5. The predicted octanol–water partition coefficient (Wildman–Crippen LogP) is 1.82. The number of aryl methyl sites for hydroxylation is 1. The molecule has 20 heavy (non-hydrogen) atoms. The van der Waals surface area contributed by atoms with E-state index in [2.05, 4.69) is 5.32 Å². The number of carbonyl (C=O) groups is 2. The number of carboxylic acids is 1. The molecule has 0 atom stereocenters. The Balaban J connectivity index is 2.78. The third-order valence-electron chi connectivity index (χ3n) is 2.87. The summed E-state index contributed by atoms with van der Waals surface area (Å²) in [5.41, 5.74) is 0.473. The number of carbonyl (C=O) groups excluding carboxylic acids is 1. The van der Waals surface area contributed by atoms with Crippen molar-refractivity contribution >= 4 is 17.6 Å². The van der Waals surface area contributed by atoms with Crippen LogP contribution in [0.3, 0.4) is 0 Å². The van der Waals surface area contributed by atoms with Gasteiger partial charge >= 0.3 is 5.97 Å². The van der Waals surface area contributed by atoms with Crippen molar-refractivity contribution in [2.24, 2.45) is 0 Å². The largest absolute Gasteiger partial charge is 0.482 e. The zero-order chi connectivity index (χ0) is 15.3. The number of anilines is 1. The highest BCUT2D eigenvalue weighted by atomic mass is 16.5. The number of nitrogens with one attached hydrogen (secondary N) is 1. The van der Waals surface area contributed by atoms with Gasteiger partial charge in [0.1, 0.15) is 11.4 Å². The zero-order valence-corrected chi connectivity index (χ0v) is 12.0. The van der Waals surface area contributed by atoms with E-state index >= 15 is 0 Å². The molecule has 1 aromatic carbocycles. The Labute approximate surface area is 117 Å². The normalized spacial score (nSPS) is 11.0. The second-order valence-corrected chi connectivity index (χ2v) is 4.83. The first-order valence-electron chi connectivity index (χ1n) is 6.08. The molecule has 0 aliphatic carbocycles. The molecule has 0 saturated carbocycles. The van der Waals surface area contributed by atoms with Crippen molar-refractivity contribution < 1.29 is 24.2 Å². The monoisotopic (exact) mass is 281 g/mol. The number of hydrogen-bond acceptors (Lipinski definition) is 4. The minimum absolute atomic E-state index is 0.262. The summed E-state index contributed by atoms with van der Waals surface area (Å²) >= 11 is 0. The lowest BCUT2D eigenvalue weighted by molar-refractivity contribution is -0.139. The van der Waals surface area contributed by atoms with Crippen LogP contribution in [0, 0.1) is 6.92 Å². The molecule has 0 fully saturated rings. The van der Waals surface area contributed by atoms with Crippen molar-refractivity contribution in [3.05, 3.63) is 23.8 Å². The minimum Gasteiger partial charge on any atom is -0.482 e. The van der Waals surface area contributed by atoms with Crippen molar-refractivity contribution in [1.82, 2.24) is 0 Å². The fourth-order valence-electron chi connectivity index (χ4n) is 1.38. The summed E-state index contributed by atoms with van der Waals surface area (Å²) < 4.78 is 10.2. The number of amides is 1. The third-order valence-corrected chi connectivity index (χ3v) is 2.87. The first-order valence-corrected chi connectivity index (χ1v) is 6.08. The molecule has 0 heterocycles. The maximum atomic E-state index is 12.0. The van der Waals surface area contributed by atoms with Crippen LogP contribution in [-0.2, 0) is 14.3 Å². The number of benzene rings is 1. The lowest BCUT2D eigenvalue weighted by Crippen LogP contribution is -2.38. The van der Waals surface area contributed by atoms with E-state index in [9.17, 15) is 9.59 Å². The second kappa shape index (κ2) is 6.38. The van der Waals surface area contributed by atoms with Crippen molar-refractivity contribution in [1.29, 1.82) is 0 Å². The van der Waals surface area contributed by atoms with Gasteiger partial charge in [-0.3, -0.25) is 4.79 Å². The summed E-state index contributed by atoms with van der Waals surface area (Å²) in [6.45, 7) is 4.73. The van der Waals surface area contributed by atoms with Gasteiger partial charge in [0.15, 0.2) is 6.61 Å². The number of rotatable bonds is 6. The van der Waals surface area contributed by atoms with Crippen LogP contribution in [0.25, 0.3) is 0 Å². The third kappa shape index (κ3) is 4.24. The summed E-state index contributed by atoms with van der Waals surface area (Å²) in [7, 11) is 1.47. The summed E-state index contributed by atoms with van der Waals surface area (Å²) in [6.07, 6.45) is 0. The summed E-state index contributed by atoms with van der Waals surface area (Å²) in [5, 5.41) is 11.3. The Hall–Kier alpha value is -2.08. The van der Waals surface area contributed by atoms with E-state index in [4.69, 9.17) is 14.6 Å². The minimum atomic E-state index is -1.04. The standard InChI is InChI=1S/C14H19NO5/c1-9-7-10(20-8-12(16)17)5-6-11(9)15-13(18)14(2,3)19-4/h5-7H,8H2,1-4H3,(H,15,18)(H,16,17). The van der Waals surface area contributed by atoms with Crippen molar-refractivity contribution in [2.75, 3.05) is 19.0 Å². The van der Waals surface area contributed by atoms with Crippen molar-refractivity contribution in [2.45, 2.75) is 26.4 Å². The molecule has 1 aromatic rings. The molecule has 110 valence electrons. The molecule has 0 aromatic heterocycles. The van der Waals surface area contributed by atoms with Crippen LogP contribution in [0.1, 0.15) is 19.4 Å². The topological polar surface area (TPSA) is 84.9 Å². The smallest absolute Gasteiger partial charge is 0.341 e. The van der Waals surface area contributed by atoms with Gasteiger partial charge in [0.2, 0.25) is 0 Å². The van der Waals surface area contributed by atoms with Crippen LogP contribution in [0.5, 0.6) is 5.75 Å². The van der Waals surface area contributed by atoms with Gasteiger partial charge in [-0.1, -0.05) is 0 Å². The van der Waals surface area contributed by atoms with Gasteiger partial charge in [0.05, 0.1) is 0 Å². The molecule has 0 radical (unpaired) electrons. The van der Waals surface area contributed by atoms with Gasteiger partial charge in [0, 0.05) is 12.8 Å². The molecule has 1 rings (SSSR count). The summed E-state index contributed by atoms with van der Waals surface area (Å²) in [5.74, 6) is -0.863. The molecule has 2 N–H and O–H groups in total. The highest BCUT2D eigenvalue weighted by Gasteiger charge is 2.27. The predicted molar refractivity (Wildman–Crippen MR) is 74.0 cm³/mol. The molecule has 0 saturated heterocycles. The van der Waals surface area contributed by atoms with Gasteiger partial charge in [-0.25, -0.2) is 4.79 Å². The highest BCUT2D eigenvalue weighted by molar-refractivity contribution is 5.97. The van der Waals surface area contributed by atoms with E-state index in [0.29, 0.717) is 11.4 Å².